The van der Waals surface area contributed by atoms with Crippen molar-refractivity contribution in [2.24, 2.45) is 0 Å². The molecule has 1 aromatic carbocycles. The van der Waals surface area contributed by atoms with Gasteiger partial charge in [-0.25, -0.2) is 4.79 Å². The van der Waals surface area contributed by atoms with E-state index in [1.54, 1.807) is 18.2 Å². The third kappa shape index (κ3) is 3.51. The maximum Gasteiger partial charge on any atom is 0.338 e. The molecule has 10 nitrogen and oxygen atoms in total. The van der Waals surface area contributed by atoms with E-state index in [4.69, 9.17) is 9.47 Å². The summed E-state index contributed by atoms with van der Waals surface area (Å²) in [6, 6.07) is 7.98. The Bertz CT molecular complexity index is 855. The number of aliphatic hydroxyl groups excluding tert-OH is 1. The highest BCUT2D eigenvalue weighted by Crippen LogP contribution is 2.33. The molecule has 4 rings (SSSR count). The largest absolute Gasteiger partial charge is 0.459 e. The second-order valence-corrected chi connectivity index (χ2v) is 7.26. The van der Waals surface area contributed by atoms with E-state index in [1.807, 2.05) is 0 Å². The Balaban J connectivity index is 1.80. The van der Waals surface area contributed by atoms with Gasteiger partial charge in [-0.1, -0.05) is 24.8 Å². The summed E-state index contributed by atoms with van der Waals surface area (Å²) in [5.41, 5.74) is -6.71. The summed E-state index contributed by atoms with van der Waals surface area (Å²) < 4.78 is 10.5. The Morgan fingerprint density at radius 1 is 1.31 bits per heavy atom. The first-order chi connectivity index (χ1) is 13.5. The molecule has 0 spiro atoms. The Morgan fingerprint density at radius 3 is 2.62 bits per heavy atom. The lowest BCUT2D eigenvalue weighted by atomic mass is 9.85. The van der Waals surface area contributed by atoms with Gasteiger partial charge in [0.05, 0.1) is 12.2 Å². The van der Waals surface area contributed by atoms with Crippen LogP contribution >= 0.6 is 0 Å². The van der Waals surface area contributed by atoms with Crippen LogP contribution in [0.4, 0.5) is 0 Å². The van der Waals surface area contributed by atoms with Crippen molar-refractivity contribution < 1.29 is 39.2 Å². The maximum absolute atomic E-state index is 12.7. The van der Waals surface area contributed by atoms with Crippen LogP contribution in [0, 0.1) is 0 Å². The van der Waals surface area contributed by atoms with Gasteiger partial charge in [0.2, 0.25) is 5.72 Å². The summed E-state index contributed by atoms with van der Waals surface area (Å²) in [5.74, 6) is -2.91. The average Bonchev–Trinajstić information content (AvgIpc) is 2.69. The van der Waals surface area contributed by atoms with Crippen LogP contribution in [0.2, 0.25) is 0 Å². The number of hydrogen-bond acceptors (Lipinski definition) is 8. The SMILES string of the molecule is C=C1CCO[C@@]2([C@H](O)[C@](C)(O)COC(=O)c3ccccc3)NC(=O)[C@]1(O)NC2=O. The molecule has 4 atom stereocenters. The van der Waals surface area contributed by atoms with E-state index in [-0.39, 0.29) is 24.2 Å². The molecule has 2 amide bonds. The molecule has 3 heterocycles. The number of carbonyl (C=O) groups excluding carboxylic acids is 3. The van der Waals surface area contributed by atoms with E-state index in [2.05, 4.69) is 17.2 Å². The summed E-state index contributed by atoms with van der Waals surface area (Å²) in [6.45, 7) is 3.81. The zero-order chi connectivity index (χ0) is 21.4. The minimum atomic E-state index is -2.40. The molecule has 0 aliphatic carbocycles. The monoisotopic (exact) mass is 406 g/mol. The van der Waals surface area contributed by atoms with Crippen LogP contribution in [0.25, 0.3) is 0 Å². The van der Waals surface area contributed by atoms with Crippen molar-refractivity contribution in [2.75, 3.05) is 13.2 Å². The smallest absolute Gasteiger partial charge is 0.338 e. The van der Waals surface area contributed by atoms with Gasteiger partial charge < -0.3 is 35.4 Å². The molecule has 3 fully saturated rings. The highest BCUT2D eigenvalue weighted by Gasteiger charge is 2.63. The average molecular weight is 406 g/mol. The van der Waals surface area contributed by atoms with Crippen LogP contribution in [0.3, 0.4) is 0 Å². The van der Waals surface area contributed by atoms with Crippen molar-refractivity contribution in [3.8, 4) is 0 Å². The molecule has 0 aromatic heterocycles. The Labute approximate surface area is 166 Å². The molecular formula is C19H22N2O8. The predicted octanol–water partition coefficient (Wildman–Crippen LogP) is -1.44. The molecule has 3 aliphatic heterocycles. The number of hydrogen-bond donors (Lipinski definition) is 5. The minimum Gasteiger partial charge on any atom is -0.459 e. The third-order valence-corrected chi connectivity index (χ3v) is 4.98. The standard InChI is InChI=1S/C19H22N2O8/c1-11-8-9-29-19(16(25)20-18(11,27)15(24)21-19)14(23)17(2,26)10-28-13(22)12-6-4-3-5-7-12/h3-7,14,23,26-27H,1,8-10H2,2H3,(H,20,25)(H,21,24)/t14-,17-,18+,19-/m1/s1. The summed E-state index contributed by atoms with van der Waals surface area (Å²) in [6.07, 6.45) is -2.03. The van der Waals surface area contributed by atoms with Crippen LogP contribution in [-0.2, 0) is 19.1 Å². The first kappa shape index (κ1) is 20.9. The van der Waals surface area contributed by atoms with E-state index in [1.165, 1.54) is 12.1 Å². The summed E-state index contributed by atoms with van der Waals surface area (Å²) in [5, 5.41) is 36.1. The van der Waals surface area contributed by atoms with Crippen LogP contribution in [0.1, 0.15) is 23.7 Å². The van der Waals surface area contributed by atoms with Gasteiger partial charge in [0.15, 0.2) is 0 Å². The topological polar surface area (TPSA) is 154 Å². The van der Waals surface area contributed by atoms with Gasteiger partial charge in [-0.2, -0.15) is 0 Å². The third-order valence-electron chi connectivity index (χ3n) is 4.98. The molecule has 2 bridgehead atoms. The number of carbonyl (C=O) groups is 3. The first-order valence-electron chi connectivity index (χ1n) is 8.85. The molecule has 156 valence electrons. The molecule has 1 aromatic rings. The van der Waals surface area contributed by atoms with Gasteiger partial charge in [-0.05, 0) is 31.1 Å². The van der Waals surface area contributed by atoms with E-state index >= 15 is 0 Å². The molecule has 0 unspecified atom stereocenters. The fourth-order valence-corrected chi connectivity index (χ4v) is 3.15. The number of fused-ring (bicyclic) bond motifs is 5. The molecular weight excluding hydrogens is 384 g/mol. The Kier molecular flexibility index (Phi) is 5.22. The van der Waals surface area contributed by atoms with Crippen molar-refractivity contribution in [2.45, 2.75) is 36.5 Å². The predicted molar refractivity (Wildman–Crippen MR) is 97.0 cm³/mol. The van der Waals surface area contributed by atoms with E-state index in [0.29, 0.717) is 0 Å². The molecule has 0 radical (unpaired) electrons. The highest BCUT2D eigenvalue weighted by atomic mass is 16.6. The van der Waals surface area contributed by atoms with Gasteiger partial charge in [0, 0.05) is 0 Å². The normalized spacial score (nSPS) is 29.7. The van der Waals surface area contributed by atoms with Gasteiger partial charge in [-0.15, -0.1) is 0 Å². The van der Waals surface area contributed by atoms with Crippen LogP contribution in [0.15, 0.2) is 42.5 Å². The zero-order valence-corrected chi connectivity index (χ0v) is 15.7. The number of nitrogens with one attached hydrogen (secondary N) is 2. The highest BCUT2D eigenvalue weighted by molar-refractivity contribution is 6.03. The second-order valence-electron chi connectivity index (χ2n) is 7.26. The number of piperazine rings is 1. The molecule has 3 saturated heterocycles. The van der Waals surface area contributed by atoms with E-state index < -0.39 is 47.5 Å². The molecule has 29 heavy (non-hydrogen) atoms. The Hall–Kier alpha value is -2.79. The summed E-state index contributed by atoms with van der Waals surface area (Å²) in [4.78, 5) is 37.2. The van der Waals surface area contributed by atoms with Crippen LogP contribution < -0.4 is 10.6 Å². The Morgan fingerprint density at radius 2 is 1.97 bits per heavy atom. The van der Waals surface area contributed by atoms with Crippen LogP contribution in [-0.4, -0.2) is 69.5 Å². The fraction of sp³-hybridized carbons (Fsp3) is 0.421. The van der Waals surface area contributed by atoms with Gasteiger partial charge >= 0.3 is 5.97 Å². The number of rotatable bonds is 5. The van der Waals surface area contributed by atoms with Crippen molar-refractivity contribution >= 4 is 17.8 Å². The number of esters is 1. The fourth-order valence-electron chi connectivity index (χ4n) is 3.15. The number of benzene rings is 1. The molecule has 3 aliphatic rings. The van der Waals surface area contributed by atoms with Crippen molar-refractivity contribution in [3.05, 3.63) is 48.0 Å². The summed E-state index contributed by atoms with van der Waals surface area (Å²) in [7, 11) is 0. The van der Waals surface area contributed by atoms with Gasteiger partial charge in [0.25, 0.3) is 17.5 Å². The lowest BCUT2D eigenvalue weighted by molar-refractivity contribution is -0.230. The van der Waals surface area contributed by atoms with Gasteiger partial charge in [0.1, 0.15) is 18.3 Å². The zero-order valence-electron chi connectivity index (χ0n) is 15.7. The van der Waals surface area contributed by atoms with E-state index in [0.717, 1.165) is 6.92 Å². The molecule has 0 saturated carbocycles. The quantitative estimate of drug-likeness (QED) is 0.294. The molecule has 5 N–H and O–H groups in total. The number of ether oxygens (including phenoxy) is 2. The number of aliphatic hydroxyl groups is 3. The lowest BCUT2D eigenvalue weighted by Gasteiger charge is -2.49. The van der Waals surface area contributed by atoms with Crippen LogP contribution in [0.5, 0.6) is 0 Å². The maximum atomic E-state index is 12.7. The molecule has 10 heteroatoms. The summed E-state index contributed by atoms with van der Waals surface area (Å²) >= 11 is 0. The van der Waals surface area contributed by atoms with Crippen molar-refractivity contribution in [1.82, 2.24) is 10.6 Å². The van der Waals surface area contributed by atoms with Gasteiger partial charge in [-0.3, -0.25) is 9.59 Å². The number of amides is 2. The lowest BCUT2D eigenvalue weighted by Crippen LogP contribution is -2.82. The second kappa shape index (κ2) is 7.23. The van der Waals surface area contributed by atoms with E-state index in [9.17, 15) is 29.7 Å². The first-order valence-corrected chi connectivity index (χ1v) is 8.85. The van der Waals surface area contributed by atoms with Crippen molar-refractivity contribution in [1.29, 1.82) is 0 Å². The minimum absolute atomic E-state index is 0.00897. The van der Waals surface area contributed by atoms with Crippen molar-refractivity contribution in [3.63, 3.8) is 0 Å².